The van der Waals surface area contributed by atoms with Gasteiger partial charge in [-0.1, -0.05) is 29.3 Å². The van der Waals surface area contributed by atoms with Gasteiger partial charge in [0.1, 0.15) is 0 Å². The Kier molecular flexibility index (Phi) is 5.39. The van der Waals surface area contributed by atoms with Crippen LogP contribution in [0.3, 0.4) is 0 Å². The molecule has 1 aromatic carbocycles. The Morgan fingerprint density at radius 1 is 1.26 bits per heavy atom. The van der Waals surface area contributed by atoms with Crippen LogP contribution < -0.4 is 0 Å². The van der Waals surface area contributed by atoms with Gasteiger partial charge in [-0.2, -0.15) is 0 Å². The number of Topliss-reactive ketones (excluding diaryl/α,β-unsaturated/α-hetero) is 1. The molecule has 0 saturated carbocycles. The summed E-state index contributed by atoms with van der Waals surface area (Å²) < 4.78 is 11.2. The predicted molar refractivity (Wildman–Crippen MR) is 79.7 cm³/mol. The molecule has 0 amide bonds. The van der Waals surface area contributed by atoms with Gasteiger partial charge in [-0.25, -0.2) is 0 Å². The molecule has 0 N–H and O–H groups in total. The molecule has 0 bridgehead atoms. The van der Waals surface area contributed by atoms with Gasteiger partial charge in [-0.15, -0.1) is 0 Å². The van der Waals surface area contributed by atoms with E-state index < -0.39 is 10.8 Å². The monoisotopic (exact) mass is 319 g/mol. The van der Waals surface area contributed by atoms with E-state index in [-0.39, 0.29) is 5.78 Å². The molecule has 1 aliphatic heterocycles. The third-order valence-electron chi connectivity index (χ3n) is 3.18. The highest BCUT2D eigenvalue weighted by Gasteiger charge is 2.17. The maximum atomic E-state index is 12.1. The summed E-state index contributed by atoms with van der Waals surface area (Å²) >= 11 is 11.9. The molecule has 1 heterocycles. The summed E-state index contributed by atoms with van der Waals surface area (Å²) in [6.45, 7) is 2.27. The second-order valence-electron chi connectivity index (χ2n) is 4.46. The highest BCUT2D eigenvalue weighted by molar-refractivity contribution is 7.85. The highest BCUT2D eigenvalue weighted by atomic mass is 35.5. The number of halogens is 2. The summed E-state index contributed by atoms with van der Waals surface area (Å²) in [7, 11) is -0.683. The van der Waals surface area contributed by atoms with Crippen LogP contribution in [0.25, 0.3) is 0 Å². The summed E-state index contributed by atoms with van der Waals surface area (Å²) in [6.07, 6.45) is 0.409. The molecule has 3 nitrogen and oxygen atoms in total. The number of nitrogens with zero attached hydrogens (tertiary/aromatic N) is 1. The Morgan fingerprint density at radius 2 is 1.95 bits per heavy atom. The van der Waals surface area contributed by atoms with Crippen LogP contribution in [0.4, 0.5) is 0 Å². The van der Waals surface area contributed by atoms with Crippen LogP contribution in [0.1, 0.15) is 16.8 Å². The SMILES string of the molecule is O=C(CCN1CCS(=O)CC1)c1cccc(Cl)c1Cl. The maximum Gasteiger partial charge on any atom is 0.165 e. The first kappa shape index (κ1) is 15.0. The van der Waals surface area contributed by atoms with E-state index in [9.17, 15) is 9.00 Å². The minimum Gasteiger partial charge on any atom is -0.301 e. The standard InChI is InChI=1S/C13H15Cl2NO2S/c14-11-3-1-2-10(13(11)15)12(17)4-5-16-6-8-19(18)9-7-16/h1-3H,4-9H2. The van der Waals surface area contributed by atoms with Crippen molar-refractivity contribution in [2.45, 2.75) is 6.42 Å². The van der Waals surface area contributed by atoms with Crippen molar-refractivity contribution in [3.63, 3.8) is 0 Å². The zero-order chi connectivity index (χ0) is 13.8. The fourth-order valence-electron chi connectivity index (χ4n) is 2.01. The van der Waals surface area contributed by atoms with E-state index in [1.54, 1.807) is 18.2 Å². The minimum absolute atomic E-state index is 0.000745. The van der Waals surface area contributed by atoms with Crippen molar-refractivity contribution >= 4 is 39.8 Å². The third kappa shape index (κ3) is 4.02. The summed E-state index contributed by atoms with van der Waals surface area (Å²) in [5.74, 6) is 1.40. The number of rotatable bonds is 4. The van der Waals surface area contributed by atoms with Crippen LogP contribution in [-0.4, -0.2) is 46.0 Å². The molecule has 1 aromatic rings. The molecule has 0 unspecified atom stereocenters. The van der Waals surface area contributed by atoms with E-state index in [1.165, 1.54) is 0 Å². The summed E-state index contributed by atoms with van der Waals surface area (Å²) in [4.78, 5) is 14.3. The van der Waals surface area contributed by atoms with Gasteiger partial charge in [0.05, 0.1) is 10.0 Å². The fraction of sp³-hybridized carbons (Fsp3) is 0.462. The predicted octanol–water partition coefficient (Wildman–Crippen LogP) is 2.63. The molecule has 6 heteroatoms. The molecule has 2 rings (SSSR count). The second-order valence-corrected chi connectivity index (χ2v) is 6.95. The minimum atomic E-state index is -0.683. The van der Waals surface area contributed by atoms with Gasteiger partial charge in [0.25, 0.3) is 0 Å². The Bertz CT molecular complexity index is 497. The number of benzene rings is 1. The van der Waals surface area contributed by atoms with E-state index in [0.717, 1.165) is 13.1 Å². The van der Waals surface area contributed by atoms with Gasteiger partial charge in [0, 0.05) is 53.9 Å². The molecular formula is C13H15Cl2NO2S. The third-order valence-corrected chi connectivity index (χ3v) is 5.27. The van der Waals surface area contributed by atoms with E-state index in [1.807, 2.05) is 0 Å². The van der Waals surface area contributed by atoms with E-state index >= 15 is 0 Å². The van der Waals surface area contributed by atoms with Crippen LogP contribution in [0, 0.1) is 0 Å². The lowest BCUT2D eigenvalue weighted by molar-refractivity contribution is 0.0966. The summed E-state index contributed by atoms with van der Waals surface area (Å²) in [5, 5.41) is 0.731. The average Bonchev–Trinajstić information content (AvgIpc) is 2.41. The van der Waals surface area contributed by atoms with Gasteiger partial charge < -0.3 is 4.90 Å². The van der Waals surface area contributed by atoms with Crippen LogP contribution in [-0.2, 0) is 10.8 Å². The van der Waals surface area contributed by atoms with Crippen molar-refractivity contribution < 1.29 is 9.00 Å². The maximum absolute atomic E-state index is 12.1. The Morgan fingerprint density at radius 3 is 2.63 bits per heavy atom. The number of carbonyl (C=O) groups is 1. The van der Waals surface area contributed by atoms with Crippen LogP contribution in [0.5, 0.6) is 0 Å². The zero-order valence-electron chi connectivity index (χ0n) is 10.4. The highest BCUT2D eigenvalue weighted by Crippen LogP contribution is 2.26. The smallest absolute Gasteiger partial charge is 0.165 e. The quantitative estimate of drug-likeness (QED) is 0.801. The van der Waals surface area contributed by atoms with Crippen molar-refractivity contribution in [3.05, 3.63) is 33.8 Å². The molecule has 1 fully saturated rings. The average molecular weight is 320 g/mol. The van der Waals surface area contributed by atoms with Gasteiger partial charge in [0.15, 0.2) is 5.78 Å². The number of hydrogen-bond donors (Lipinski definition) is 0. The van der Waals surface area contributed by atoms with Crippen molar-refractivity contribution in [1.29, 1.82) is 0 Å². The topological polar surface area (TPSA) is 37.4 Å². The van der Waals surface area contributed by atoms with Gasteiger partial charge in [0.2, 0.25) is 0 Å². The normalized spacial score (nSPS) is 17.6. The molecular weight excluding hydrogens is 305 g/mol. The largest absolute Gasteiger partial charge is 0.301 e. The van der Waals surface area contributed by atoms with Crippen LogP contribution in [0.15, 0.2) is 18.2 Å². The van der Waals surface area contributed by atoms with Gasteiger partial charge in [-0.05, 0) is 12.1 Å². The number of carbonyl (C=O) groups excluding carboxylic acids is 1. The summed E-state index contributed by atoms with van der Waals surface area (Å²) in [6, 6.07) is 5.09. The molecule has 1 aliphatic rings. The lowest BCUT2D eigenvalue weighted by Gasteiger charge is -2.25. The molecule has 0 aromatic heterocycles. The first-order valence-electron chi connectivity index (χ1n) is 6.12. The Balaban J connectivity index is 1.91. The molecule has 0 atom stereocenters. The molecule has 0 aliphatic carbocycles. The van der Waals surface area contributed by atoms with E-state index in [2.05, 4.69) is 4.90 Å². The summed E-state index contributed by atoms with van der Waals surface area (Å²) in [5.41, 5.74) is 0.481. The van der Waals surface area contributed by atoms with Crippen LogP contribution >= 0.6 is 23.2 Å². The number of hydrogen-bond acceptors (Lipinski definition) is 3. The fourth-order valence-corrected chi connectivity index (χ4v) is 3.55. The number of ketones is 1. The molecule has 1 saturated heterocycles. The Labute approximate surface area is 125 Å². The zero-order valence-corrected chi connectivity index (χ0v) is 12.7. The lowest BCUT2D eigenvalue weighted by Crippen LogP contribution is -2.38. The molecule has 104 valence electrons. The second kappa shape index (κ2) is 6.84. The van der Waals surface area contributed by atoms with Crippen molar-refractivity contribution in [1.82, 2.24) is 4.90 Å². The van der Waals surface area contributed by atoms with Crippen molar-refractivity contribution in [2.24, 2.45) is 0 Å². The first-order chi connectivity index (χ1) is 9.08. The van der Waals surface area contributed by atoms with E-state index in [4.69, 9.17) is 23.2 Å². The molecule has 0 radical (unpaired) electrons. The van der Waals surface area contributed by atoms with Gasteiger partial charge in [-0.3, -0.25) is 9.00 Å². The van der Waals surface area contributed by atoms with Crippen molar-refractivity contribution in [2.75, 3.05) is 31.1 Å². The molecule has 0 spiro atoms. The first-order valence-corrected chi connectivity index (χ1v) is 8.37. The van der Waals surface area contributed by atoms with E-state index in [0.29, 0.717) is 40.1 Å². The van der Waals surface area contributed by atoms with Crippen LogP contribution in [0.2, 0.25) is 10.0 Å². The molecule has 19 heavy (non-hydrogen) atoms. The Hall–Kier alpha value is -0.420. The van der Waals surface area contributed by atoms with Gasteiger partial charge >= 0.3 is 0 Å². The van der Waals surface area contributed by atoms with Crippen molar-refractivity contribution in [3.8, 4) is 0 Å². The lowest BCUT2D eigenvalue weighted by atomic mass is 10.1.